The Bertz CT molecular complexity index is 1570. The lowest BCUT2D eigenvalue weighted by Gasteiger charge is -2.16. The summed E-state index contributed by atoms with van der Waals surface area (Å²) in [7, 11) is 1.75. The molecule has 0 aliphatic heterocycles. The van der Waals surface area contributed by atoms with Crippen LogP contribution in [0.25, 0.3) is 33.3 Å². The molecule has 6 heteroatoms. The molecule has 31 heavy (non-hydrogen) atoms. The quantitative estimate of drug-likeness (QED) is 0.420. The van der Waals surface area contributed by atoms with Crippen LogP contribution >= 0.6 is 0 Å². The normalized spacial score (nSPS) is 11.3. The summed E-state index contributed by atoms with van der Waals surface area (Å²) in [6.07, 6.45) is 0. The van der Waals surface area contributed by atoms with Crippen LogP contribution < -0.4 is 11.0 Å². The molecule has 5 rings (SSSR count). The number of aryl methyl sites for hydroxylation is 1. The predicted molar refractivity (Wildman–Crippen MR) is 120 cm³/mol. The largest absolute Gasteiger partial charge is 0.328 e. The second-order valence-electron chi connectivity index (χ2n) is 7.40. The topological polar surface area (TPSA) is 56.9 Å². The summed E-state index contributed by atoms with van der Waals surface area (Å²) in [6, 6.07) is 22.6. The smallest absolute Gasteiger partial charge is 0.267 e. The van der Waals surface area contributed by atoms with E-state index in [1.54, 1.807) is 48.0 Å². The minimum atomic E-state index is -0.488. The Hall–Kier alpha value is -4.06. The first-order valence-electron chi connectivity index (χ1n) is 9.87. The van der Waals surface area contributed by atoms with Crippen LogP contribution in [0.15, 0.2) is 88.5 Å². The second-order valence-corrected chi connectivity index (χ2v) is 7.40. The van der Waals surface area contributed by atoms with Crippen molar-refractivity contribution < 1.29 is 4.39 Å². The fourth-order valence-electron chi connectivity index (χ4n) is 3.95. The van der Waals surface area contributed by atoms with E-state index >= 15 is 0 Å². The van der Waals surface area contributed by atoms with Crippen molar-refractivity contribution in [2.75, 3.05) is 0 Å². The van der Waals surface area contributed by atoms with Gasteiger partial charge >= 0.3 is 0 Å². The zero-order valence-corrected chi connectivity index (χ0v) is 16.7. The standard InChI is InChI=1S/C25H18FN3O2/c1-28-20-14-8-6-12-18(20)22(30)21-24(28)27-23(17-11-5-7-13-19(17)26)29(25(21)31)15-16-9-3-2-4-10-16/h2-14H,15H2,1H3. The average molecular weight is 411 g/mol. The number of rotatable bonds is 3. The lowest BCUT2D eigenvalue weighted by atomic mass is 10.1. The summed E-state index contributed by atoms with van der Waals surface area (Å²) >= 11 is 0. The molecular formula is C25H18FN3O2. The molecule has 0 amide bonds. The summed E-state index contributed by atoms with van der Waals surface area (Å²) in [5.41, 5.74) is 1.09. The predicted octanol–water partition coefficient (Wildman–Crippen LogP) is 4.10. The van der Waals surface area contributed by atoms with Gasteiger partial charge in [0.05, 0.1) is 17.6 Å². The molecule has 0 bridgehead atoms. The van der Waals surface area contributed by atoms with Crippen LogP contribution in [0.3, 0.4) is 0 Å². The van der Waals surface area contributed by atoms with E-state index in [4.69, 9.17) is 0 Å². The van der Waals surface area contributed by atoms with Crippen LogP contribution in [0.5, 0.6) is 0 Å². The molecule has 0 N–H and O–H groups in total. The number of aromatic nitrogens is 3. The Morgan fingerprint density at radius 3 is 2.32 bits per heavy atom. The molecule has 5 nitrogen and oxygen atoms in total. The zero-order chi connectivity index (χ0) is 21.5. The monoisotopic (exact) mass is 411 g/mol. The molecule has 2 aromatic heterocycles. The van der Waals surface area contributed by atoms with Gasteiger partial charge in [-0.1, -0.05) is 54.6 Å². The number of hydrogen-bond acceptors (Lipinski definition) is 3. The minimum absolute atomic E-state index is 0.00257. The van der Waals surface area contributed by atoms with Crippen molar-refractivity contribution >= 4 is 21.9 Å². The summed E-state index contributed by atoms with van der Waals surface area (Å²) in [6.45, 7) is 0.169. The minimum Gasteiger partial charge on any atom is -0.328 e. The van der Waals surface area contributed by atoms with E-state index in [0.29, 0.717) is 10.9 Å². The van der Waals surface area contributed by atoms with Crippen LogP contribution in [0, 0.1) is 5.82 Å². The molecule has 0 spiro atoms. The van der Waals surface area contributed by atoms with Gasteiger partial charge in [-0.3, -0.25) is 14.2 Å². The molecule has 0 saturated heterocycles. The Kier molecular flexibility index (Phi) is 4.47. The first-order chi connectivity index (χ1) is 15.1. The number of halogens is 1. The summed E-state index contributed by atoms with van der Waals surface area (Å²) in [5.74, 6) is -0.300. The molecule has 2 heterocycles. The number of nitrogens with zero attached hydrogens (tertiary/aromatic N) is 3. The molecule has 0 saturated carbocycles. The molecule has 5 aromatic rings. The molecule has 0 radical (unpaired) electrons. The maximum Gasteiger partial charge on any atom is 0.267 e. The van der Waals surface area contributed by atoms with Gasteiger partial charge in [-0.2, -0.15) is 0 Å². The first kappa shape index (κ1) is 18.9. The molecule has 0 aliphatic carbocycles. The molecule has 0 atom stereocenters. The van der Waals surface area contributed by atoms with Crippen molar-refractivity contribution in [3.05, 3.63) is 111 Å². The Morgan fingerprint density at radius 2 is 1.55 bits per heavy atom. The maximum absolute atomic E-state index is 14.7. The van der Waals surface area contributed by atoms with Gasteiger partial charge in [0, 0.05) is 12.4 Å². The van der Waals surface area contributed by atoms with Gasteiger partial charge in [-0.25, -0.2) is 9.37 Å². The Morgan fingerprint density at radius 1 is 0.871 bits per heavy atom. The van der Waals surface area contributed by atoms with Gasteiger partial charge in [0.25, 0.3) is 5.56 Å². The van der Waals surface area contributed by atoms with Gasteiger partial charge in [-0.15, -0.1) is 0 Å². The van der Waals surface area contributed by atoms with Crippen LogP contribution in [0.2, 0.25) is 0 Å². The number of fused-ring (bicyclic) bond motifs is 2. The highest BCUT2D eigenvalue weighted by atomic mass is 19.1. The number of hydrogen-bond donors (Lipinski definition) is 0. The van der Waals surface area contributed by atoms with E-state index < -0.39 is 11.4 Å². The average Bonchev–Trinajstić information content (AvgIpc) is 2.80. The third-order valence-corrected chi connectivity index (χ3v) is 5.50. The maximum atomic E-state index is 14.7. The highest BCUT2D eigenvalue weighted by molar-refractivity contribution is 5.91. The highest BCUT2D eigenvalue weighted by Crippen LogP contribution is 2.23. The van der Waals surface area contributed by atoms with Crippen LogP contribution in [0.1, 0.15) is 5.56 Å². The SMILES string of the molecule is Cn1c2ccccc2c(=O)c2c(=O)n(Cc3ccccc3)c(-c3ccccc3F)nc21. The van der Waals surface area contributed by atoms with Crippen molar-refractivity contribution in [1.82, 2.24) is 14.1 Å². The first-order valence-corrected chi connectivity index (χ1v) is 9.87. The van der Waals surface area contributed by atoms with E-state index in [0.717, 1.165) is 5.56 Å². The Balaban J connectivity index is 1.94. The molecule has 0 aliphatic rings. The van der Waals surface area contributed by atoms with Gasteiger partial charge < -0.3 is 4.57 Å². The number of benzene rings is 3. The lowest BCUT2D eigenvalue weighted by molar-refractivity contribution is 0.626. The van der Waals surface area contributed by atoms with E-state index in [-0.39, 0.29) is 34.4 Å². The fourth-order valence-corrected chi connectivity index (χ4v) is 3.95. The van der Waals surface area contributed by atoms with Crippen LogP contribution in [-0.4, -0.2) is 14.1 Å². The molecular weight excluding hydrogens is 393 g/mol. The van der Waals surface area contributed by atoms with E-state index in [9.17, 15) is 14.0 Å². The molecule has 0 unspecified atom stereocenters. The summed E-state index contributed by atoms with van der Waals surface area (Å²) in [5, 5.41) is 0.443. The van der Waals surface area contributed by atoms with Crippen molar-refractivity contribution in [2.45, 2.75) is 6.54 Å². The van der Waals surface area contributed by atoms with E-state index in [1.807, 2.05) is 36.4 Å². The zero-order valence-electron chi connectivity index (χ0n) is 16.7. The number of pyridine rings is 1. The van der Waals surface area contributed by atoms with Crippen molar-refractivity contribution in [1.29, 1.82) is 0 Å². The second kappa shape index (κ2) is 7.32. The van der Waals surface area contributed by atoms with Crippen molar-refractivity contribution in [2.24, 2.45) is 7.05 Å². The van der Waals surface area contributed by atoms with E-state index in [1.165, 1.54) is 10.6 Å². The molecule has 0 fully saturated rings. The van der Waals surface area contributed by atoms with Crippen LogP contribution in [0.4, 0.5) is 4.39 Å². The van der Waals surface area contributed by atoms with Crippen molar-refractivity contribution in [3.8, 4) is 11.4 Å². The molecule has 152 valence electrons. The van der Waals surface area contributed by atoms with Crippen LogP contribution in [-0.2, 0) is 13.6 Å². The third-order valence-electron chi connectivity index (χ3n) is 5.50. The van der Waals surface area contributed by atoms with Crippen molar-refractivity contribution in [3.63, 3.8) is 0 Å². The Labute approximate surface area is 176 Å². The third kappa shape index (κ3) is 3.04. The fraction of sp³-hybridized carbons (Fsp3) is 0.0800. The van der Waals surface area contributed by atoms with Gasteiger partial charge in [0.15, 0.2) is 5.65 Å². The van der Waals surface area contributed by atoms with Gasteiger partial charge in [-0.05, 0) is 29.8 Å². The number of para-hydroxylation sites is 1. The summed E-state index contributed by atoms with van der Waals surface area (Å²) in [4.78, 5) is 31.5. The summed E-state index contributed by atoms with van der Waals surface area (Å²) < 4.78 is 17.8. The lowest BCUT2D eigenvalue weighted by Crippen LogP contribution is -2.29. The van der Waals surface area contributed by atoms with Gasteiger partial charge in [0.1, 0.15) is 17.0 Å². The molecule has 3 aromatic carbocycles. The van der Waals surface area contributed by atoms with Gasteiger partial charge in [0.2, 0.25) is 5.43 Å². The van der Waals surface area contributed by atoms with E-state index in [2.05, 4.69) is 4.98 Å². The highest BCUT2D eigenvalue weighted by Gasteiger charge is 2.20.